The van der Waals surface area contributed by atoms with Gasteiger partial charge in [-0.2, -0.15) is 4.39 Å². The SMILES string of the molecule is CC(C)(C)NC(=O)CCNc1cc(F)ncn1. The van der Waals surface area contributed by atoms with Crippen molar-refractivity contribution in [2.75, 3.05) is 11.9 Å². The van der Waals surface area contributed by atoms with Crippen LogP contribution in [0.5, 0.6) is 0 Å². The molecule has 5 nitrogen and oxygen atoms in total. The first-order valence-corrected chi connectivity index (χ1v) is 5.39. The molecule has 0 radical (unpaired) electrons. The number of anilines is 1. The summed E-state index contributed by atoms with van der Waals surface area (Å²) >= 11 is 0. The highest BCUT2D eigenvalue weighted by Gasteiger charge is 2.12. The topological polar surface area (TPSA) is 66.9 Å². The number of carbonyl (C=O) groups is 1. The maximum absolute atomic E-state index is 12.7. The Kier molecular flexibility index (Phi) is 4.37. The van der Waals surface area contributed by atoms with Crippen molar-refractivity contribution in [2.45, 2.75) is 32.7 Å². The van der Waals surface area contributed by atoms with E-state index in [-0.39, 0.29) is 11.4 Å². The summed E-state index contributed by atoms with van der Waals surface area (Å²) in [4.78, 5) is 18.6. The monoisotopic (exact) mass is 240 g/mol. The number of aromatic nitrogens is 2. The molecule has 6 heteroatoms. The van der Waals surface area contributed by atoms with E-state index in [2.05, 4.69) is 20.6 Å². The lowest BCUT2D eigenvalue weighted by Gasteiger charge is -2.20. The van der Waals surface area contributed by atoms with Crippen molar-refractivity contribution in [1.29, 1.82) is 0 Å². The minimum atomic E-state index is -0.596. The molecule has 0 aliphatic heterocycles. The van der Waals surface area contributed by atoms with Crippen LogP contribution in [0.25, 0.3) is 0 Å². The normalized spacial score (nSPS) is 11.1. The van der Waals surface area contributed by atoms with Crippen LogP contribution >= 0.6 is 0 Å². The predicted octanol–water partition coefficient (Wildman–Crippen LogP) is 1.33. The number of hydrogen-bond donors (Lipinski definition) is 2. The van der Waals surface area contributed by atoms with E-state index in [0.717, 1.165) is 6.33 Å². The van der Waals surface area contributed by atoms with Crippen molar-refractivity contribution in [3.63, 3.8) is 0 Å². The molecule has 0 fully saturated rings. The number of hydrogen-bond acceptors (Lipinski definition) is 4. The molecule has 1 amide bonds. The summed E-state index contributed by atoms with van der Waals surface area (Å²) in [6.45, 7) is 6.15. The molecular formula is C11H17FN4O. The average molecular weight is 240 g/mol. The van der Waals surface area contributed by atoms with Crippen molar-refractivity contribution in [3.05, 3.63) is 18.3 Å². The van der Waals surface area contributed by atoms with Gasteiger partial charge in [-0.15, -0.1) is 0 Å². The van der Waals surface area contributed by atoms with Crippen molar-refractivity contribution in [2.24, 2.45) is 0 Å². The van der Waals surface area contributed by atoms with Crippen LogP contribution < -0.4 is 10.6 Å². The van der Waals surface area contributed by atoms with Gasteiger partial charge in [-0.05, 0) is 20.8 Å². The van der Waals surface area contributed by atoms with E-state index in [1.165, 1.54) is 6.07 Å². The maximum atomic E-state index is 12.7. The Balaban J connectivity index is 2.31. The fourth-order valence-corrected chi connectivity index (χ4v) is 1.22. The Morgan fingerprint density at radius 3 is 2.71 bits per heavy atom. The van der Waals surface area contributed by atoms with E-state index in [1.807, 2.05) is 20.8 Å². The van der Waals surface area contributed by atoms with Gasteiger partial charge in [-0.3, -0.25) is 4.79 Å². The molecule has 2 N–H and O–H groups in total. The minimum absolute atomic E-state index is 0.0560. The lowest BCUT2D eigenvalue weighted by atomic mass is 10.1. The summed E-state index contributed by atoms with van der Waals surface area (Å²) in [5.74, 6) is -0.276. The van der Waals surface area contributed by atoms with Gasteiger partial charge in [-0.1, -0.05) is 0 Å². The first-order chi connectivity index (χ1) is 7.87. The number of nitrogens with zero attached hydrogens (tertiary/aromatic N) is 2. The molecule has 1 aromatic heterocycles. The number of rotatable bonds is 4. The molecule has 0 saturated heterocycles. The van der Waals surface area contributed by atoms with E-state index in [4.69, 9.17) is 0 Å². The highest BCUT2D eigenvalue weighted by molar-refractivity contribution is 5.77. The first kappa shape index (κ1) is 13.3. The van der Waals surface area contributed by atoms with Gasteiger partial charge in [0, 0.05) is 24.6 Å². The van der Waals surface area contributed by atoms with Gasteiger partial charge in [0.25, 0.3) is 0 Å². The molecule has 0 unspecified atom stereocenters. The molecule has 0 bridgehead atoms. The zero-order valence-electron chi connectivity index (χ0n) is 10.2. The largest absolute Gasteiger partial charge is 0.369 e. The van der Waals surface area contributed by atoms with Gasteiger partial charge in [0.2, 0.25) is 11.9 Å². The number of nitrogens with one attached hydrogen (secondary N) is 2. The number of halogens is 1. The second-order valence-corrected chi connectivity index (χ2v) is 4.70. The quantitative estimate of drug-likeness (QED) is 0.779. The van der Waals surface area contributed by atoms with Crippen LogP contribution in [0.1, 0.15) is 27.2 Å². The van der Waals surface area contributed by atoms with Crippen LogP contribution in [0.4, 0.5) is 10.2 Å². The molecular weight excluding hydrogens is 223 g/mol. The van der Waals surface area contributed by atoms with Crippen LogP contribution in [0, 0.1) is 5.95 Å². The van der Waals surface area contributed by atoms with E-state index < -0.39 is 5.95 Å². The molecule has 0 spiro atoms. The van der Waals surface area contributed by atoms with E-state index in [1.54, 1.807) is 0 Å². The molecule has 0 saturated carbocycles. The zero-order valence-corrected chi connectivity index (χ0v) is 10.2. The molecule has 1 heterocycles. The zero-order chi connectivity index (χ0) is 12.9. The Bertz CT molecular complexity index is 389. The average Bonchev–Trinajstić information content (AvgIpc) is 2.14. The second-order valence-electron chi connectivity index (χ2n) is 4.70. The summed E-state index contributed by atoms with van der Waals surface area (Å²) in [5.41, 5.74) is -0.238. The lowest BCUT2D eigenvalue weighted by molar-refractivity contribution is -0.122. The van der Waals surface area contributed by atoms with Crippen LogP contribution in [0.15, 0.2) is 12.4 Å². The molecule has 1 aromatic rings. The van der Waals surface area contributed by atoms with Crippen LogP contribution in [0.3, 0.4) is 0 Å². The van der Waals surface area contributed by atoms with E-state index in [9.17, 15) is 9.18 Å². The van der Waals surface area contributed by atoms with E-state index in [0.29, 0.717) is 18.8 Å². The summed E-state index contributed by atoms with van der Waals surface area (Å²) < 4.78 is 12.7. The van der Waals surface area contributed by atoms with Gasteiger partial charge in [-0.25, -0.2) is 9.97 Å². The highest BCUT2D eigenvalue weighted by Crippen LogP contribution is 2.03. The first-order valence-electron chi connectivity index (χ1n) is 5.39. The van der Waals surface area contributed by atoms with Crippen molar-refractivity contribution in [3.8, 4) is 0 Å². The molecule has 0 aromatic carbocycles. The molecule has 1 rings (SSSR count). The summed E-state index contributed by atoms with van der Waals surface area (Å²) in [6.07, 6.45) is 1.44. The molecule has 94 valence electrons. The fourth-order valence-electron chi connectivity index (χ4n) is 1.22. The number of amides is 1. The predicted molar refractivity (Wildman–Crippen MR) is 63.0 cm³/mol. The molecule has 0 aliphatic rings. The Hall–Kier alpha value is -1.72. The van der Waals surface area contributed by atoms with Crippen molar-refractivity contribution in [1.82, 2.24) is 15.3 Å². The Labute approximate surface area is 99.9 Å². The van der Waals surface area contributed by atoms with Crippen LogP contribution in [0.2, 0.25) is 0 Å². The van der Waals surface area contributed by atoms with Crippen molar-refractivity contribution >= 4 is 11.7 Å². The smallest absolute Gasteiger partial charge is 0.222 e. The lowest BCUT2D eigenvalue weighted by Crippen LogP contribution is -2.41. The summed E-state index contributed by atoms with van der Waals surface area (Å²) in [6, 6.07) is 1.18. The molecule has 0 aliphatic carbocycles. The standard InChI is InChI=1S/C11H17FN4O/c1-11(2,3)16-10(17)4-5-13-9-6-8(12)14-7-15-9/h6-7H,4-5H2,1-3H3,(H,16,17)(H,13,14,15). The third-order valence-corrected chi connectivity index (χ3v) is 1.81. The van der Waals surface area contributed by atoms with Crippen LogP contribution in [-0.2, 0) is 4.79 Å². The Morgan fingerprint density at radius 2 is 2.12 bits per heavy atom. The summed E-state index contributed by atoms with van der Waals surface area (Å²) in [5, 5.41) is 5.68. The van der Waals surface area contributed by atoms with Gasteiger partial charge in [0.05, 0.1) is 0 Å². The van der Waals surface area contributed by atoms with Gasteiger partial charge < -0.3 is 10.6 Å². The van der Waals surface area contributed by atoms with Crippen LogP contribution in [-0.4, -0.2) is 28.0 Å². The summed E-state index contributed by atoms with van der Waals surface area (Å²) in [7, 11) is 0. The highest BCUT2D eigenvalue weighted by atomic mass is 19.1. The number of carbonyl (C=O) groups excluding carboxylic acids is 1. The minimum Gasteiger partial charge on any atom is -0.369 e. The second kappa shape index (κ2) is 5.56. The third-order valence-electron chi connectivity index (χ3n) is 1.81. The van der Waals surface area contributed by atoms with Crippen molar-refractivity contribution < 1.29 is 9.18 Å². The van der Waals surface area contributed by atoms with Gasteiger partial charge in [0.1, 0.15) is 12.1 Å². The fraction of sp³-hybridized carbons (Fsp3) is 0.545. The van der Waals surface area contributed by atoms with Gasteiger partial charge in [0.15, 0.2) is 0 Å². The van der Waals surface area contributed by atoms with E-state index >= 15 is 0 Å². The Morgan fingerprint density at radius 1 is 1.41 bits per heavy atom. The maximum Gasteiger partial charge on any atom is 0.222 e. The molecule has 17 heavy (non-hydrogen) atoms. The van der Waals surface area contributed by atoms with Gasteiger partial charge >= 0.3 is 0 Å². The molecule has 0 atom stereocenters. The third kappa shape index (κ3) is 5.79.